The van der Waals surface area contributed by atoms with Gasteiger partial charge in [0.25, 0.3) is 0 Å². The lowest BCUT2D eigenvalue weighted by Crippen LogP contribution is -2.76. The summed E-state index contributed by atoms with van der Waals surface area (Å²) in [6.45, 7) is 5.60. The van der Waals surface area contributed by atoms with Gasteiger partial charge in [-0.05, 0) is 45.6 Å². The van der Waals surface area contributed by atoms with E-state index in [0.717, 1.165) is 25.5 Å². The summed E-state index contributed by atoms with van der Waals surface area (Å²) in [5.41, 5.74) is 1.62. The molecule has 3 aliphatic carbocycles. The predicted molar refractivity (Wildman–Crippen MR) is 79.5 cm³/mol. The molecule has 4 rings (SSSR count). The van der Waals surface area contributed by atoms with E-state index in [1.807, 2.05) is 45.0 Å². The van der Waals surface area contributed by atoms with Crippen molar-refractivity contribution in [2.24, 2.45) is 0 Å². The van der Waals surface area contributed by atoms with Crippen LogP contribution >= 0.6 is 0 Å². The Balaban J connectivity index is 1.59. The van der Waals surface area contributed by atoms with Gasteiger partial charge in [-0.2, -0.15) is 0 Å². The molecule has 0 aliphatic heterocycles. The SMILES string of the molecule is CC(C)(C)OC(=O)NC12CC(c3ccc(C=O)cc3)(C1)C2. The first-order valence-electron chi connectivity index (χ1n) is 7.33. The highest BCUT2D eigenvalue weighted by Crippen LogP contribution is 2.67. The van der Waals surface area contributed by atoms with Crippen molar-refractivity contribution in [1.82, 2.24) is 5.32 Å². The minimum Gasteiger partial charge on any atom is -0.444 e. The second-order valence-corrected chi connectivity index (χ2v) is 7.46. The van der Waals surface area contributed by atoms with Gasteiger partial charge in [0.2, 0.25) is 0 Å². The van der Waals surface area contributed by atoms with Crippen molar-refractivity contribution < 1.29 is 14.3 Å². The summed E-state index contributed by atoms with van der Waals surface area (Å²) in [6, 6.07) is 7.77. The van der Waals surface area contributed by atoms with Gasteiger partial charge in [0.15, 0.2) is 0 Å². The number of aldehydes is 1. The Hall–Kier alpha value is -1.84. The highest BCUT2D eigenvalue weighted by molar-refractivity contribution is 5.75. The number of ether oxygens (including phenoxy) is 1. The van der Waals surface area contributed by atoms with Gasteiger partial charge in [0, 0.05) is 16.5 Å². The molecular weight excluding hydrogens is 266 g/mol. The lowest BCUT2D eigenvalue weighted by molar-refractivity contribution is -0.0884. The van der Waals surface area contributed by atoms with E-state index in [2.05, 4.69) is 5.32 Å². The molecule has 0 radical (unpaired) electrons. The molecule has 0 heterocycles. The van der Waals surface area contributed by atoms with E-state index in [1.165, 1.54) is 5.56 Å². The molecule has 0 atom stereocenters. The molecule has 0 aromatic heterocycles. The molecule has 0 unspecified atom stereocenters. The third-order valence-corrected chi connectivity index (χ3v) is 4.46. The molecule has 1 amide bonds. The average molecular weight is 287 g/mol. The van der Waals surface area contributed by atoms with Crippen molar-refractivity contribution in [1.29, 1.82) is 0 Å². The van der Waals surface area contributed by atoms with Crippen molar-refractivity contribution >= 4 is 12.4 Å². The molecule has 112 valence electrons. The van der Waals surface area contributed by atoms with E-state index in [-0.39, 0.29) is 17.0 Å². The lowest BCUT2D eigenvalue weighted by atomic mass is 9.37. The summed E-state index contributed by atoms with van der Waals surface area (Å²) in [4.78, 5) is 22.5. The average Bonchev–Trinajstić information content (AvgIpc) is 2.30. The highest BCUT2D eigenvalue weighted by Gasteiger charge is 2.69. The van der Waals surface area contributed by atoms with Gasteiger partial charge in [0.1, 0.15) is 11.9 Å². The van der Waals surface area contributed by atoms with E-state index < -0.39 is 5.60 Å². The van der Waals surface area contributed by atoms with Gasteiger partial charge in [0.05, 0.1) is 0 Å². The van der Waals surface area contributed by atoms with Crippen LogP contribution in [0.15, 0.2) is 24.3 Å². The first-order chi connectivity index (χ1) is 9.76. The van der Waals surface area contributed by atoms with Crippen LogP contribution in [0, 0.1) is 0 Å². The minimum absolute atomic E-state index is 0.0777. The topological polar surface area (TPSA) is 55.4 Å². The van der Waals surface area contributed by atoms with E-state index in [0.29, 0.717) is 5.56 Å². The fourth-order valence-electron chi connectivity index (χ4n) is 3.66. The van der Waals surface area contributed by atoms with Crippen LogP contribution in [0.3, 0.4) is 0 Å². The highest BCUT2D eigenvalue weighted by atomic mass is 16.6. The first-order valence-corrected chi connectivity index (χ1v) is 7.33. The van der Waals surface area contributed by atoms with Crippen LogP contribution in [-0.4, -0.2) is 23.5 Å². The standard InChI is InChI=1S/C17H21NO3/c1-15(2,3)21-14(20)18-17-9-16(10-17,11-17)13-6-4-12(8-19)5-7-13/h4-8H,9-11H2,1-3H3,(H,18,20). The maximum atomic E-state index is 11.8. The lowest BCUT2D eigenvalue weighted by Gasteiger charge is -2.70. The van der Waals surface area contributed by atoms with Crippen LogP contribution in [0.25, 0.3) is 0 Å². The molecule has 1 N–H and O–H groups in total. The number of benzene rings is 1. The molecule has 4 nitrogen and oxygen atoms in total. The Labute approximate surface area is 124 Å². The largest absolute Gasteiger partial charge is 0.444 e. The maximum absolute atomic E-state index is 11.8. The van der Waals surface area contributed by atoms with Crippen LogP contribution in [-0.2, 0) is 10.2 Å². The van der Waals surface area contributed by atoms with E-state index in [1.54, 1.807) is 0 Å². The van der Waals surface area contributed by atoms with Gasteiger partial charge in [-0.25, -0.2) is 4.79 Å². The number of carbonyl (C=O) groups excluding carboxylic acids is 2. The van der Waals surface area contributed by atoms with Crippen molar-refractivity contribution in [3.8, 4) is 0 Å². The Kier molecular flexibility index (Phi) is 2.91. The zero-order valence-corrected chi connectivity index (χ0v) is 12.7. The van der Waals surface area contributed by atoms with E-state index >= 15 is 0 Å². The molecule has 0 spiro atoms. The zero-order chi connectivity index (χ0) is 15.3. The molecule has 21 heavy (non-hydrogen) atoms. The molecule has 1 aromatic rings. The van der Waals surface area contributed by atoms with Crippen LogP contribution in [0.1, 0.15) is 56.0 Å². The number of carbonyl (C=O) groups is 2. The number of rotatable bonds is 3. The molecule has 4 heteroatoms. The molecular formula is C17H21NO3. The maximum Gasteiger partial charge on any atom is 0.408 e. The number of hydrogen-bond acceptors (Lipinski definition) is 3. The van der Waals surface area contributed by atoms with Crippen LogP contribution in [0.2, 0.25) is 0 Å². The summed E-state index contributed by atoms with van der Waals surface area (Å²) >= 11 is 0. The van der Waals surface area contributed by atoms with Crippen molar-refractivity contribution in [3.05, 3.63) is 35.4 Å². The minimum atomic E-state index is -0.462. The van der Waals surface area contributed by atoms with Gasteiger partial charge in [-0.15, -0.1) is 0 Å². The monoisotopic (exact) mass is 287 g/mol. The fourth-order valence-corrected chi connectivity index (χ4v) is 3.66. The van der Waals surface area contributed by atoms with E-state index in [9.17, 15) is 9.59 Å². The predicted octanol–water partition coefficient (Wildman–Crippen LogP) is 3.20. The molecule has 1 aromatic carbocycles. The quantitative estimate of drug-likeness (QED) is 0.869. The Morgan fingerprint density at radius 2 is 1.76 bits per heavy atom. The van der Waals surface area contributed by atoms with Gasteiger partial charge in [-0.1, -0.05) is 24.3 Å². The summed E-state index contributed by atoms with van der Waals surface area (Å²) < 4.78 is 5.31. The summed E-state index contributed by atoms with van der Waals surface area (Å²) in [6.07, 6.45) is 3.41. The normalized spacial score (nSPS) is 29.9. The fraction of sp³-hybridized carbons (Fsp3) is 0.529. The molecule has 0 saturated heterocycles. The Bertz CT molecular complexity index is 563. The second kappa shape index (κ2) is 4.33. The van der Waals surface area contributed by atoms with Crippen LogP contribution in [0.4, 0.5) is 4.79 Å². The molecule has 2 bridgehead atoms. The first kappa shape index (κ1) is 14.1. The third-order valence-electron chi connectivity index (χ3n) is 4.46. The number of alkyl carbamates (subject to hydrolysis) is 1. The van der Waals surface area contributed by atoms with Crippen molar-refractivity contribution in [2.75, 3.05) is 0 Å². The number of hydrogen-bond donors (Lipinski definition) is 1. The van der Waals surface area contributed by atoms with Crippen LogP contribution in [0.5, 0.6) is 0 Å². The second-order valence-electron chi connectivity index (χ2n) is 7.46. The zero-order valence-electron chi connectivity index (χ0n) is 12.7. The molecule has 3 saturated carbocycles. The van der Waals surface area contributed by atoms with Gasteiger partial charge < -0.3 is 10.1 Å². The molecule has 3 aliphatic rings. The summed E-state index contributed by atoms with van der Waals surface area (Å²) in [7, 11) is 0. The summed E-state index contributed by atoms with van der Waals surface area (Å²) in [5.74, 6) is 0. The Morgan fingerprint density at radius 3 is 2.24 bits per heavy atom. The number of amides is 1. The van der Waals surface area contributed by atoms with Crippen molar-refractivity contribution in [3.63, 3.8) is 0 Å². The Morgan fingerprint density at radius 1 is 1.19 bits per heavy atom. The molecule has 3 fully saturated rings. The third kappa shape index (κ3) is 2.43. The van der Waals surface area contributed by atoms with Crippen molar-refractivity contribution in [2.45, 2.75) is 56.6 Å². The summed E-state index contributed by atoms with van der Waals surface area (Å²) in [5, 5.41) is 3.02. The van der Waals surface area contributed by atoms with Gasteiger partial charge in [-0.3, -0.25) is 4.79 Å². The number of nitrogens with one attached hydrogen (secondary N) is 1. The smallest absolute Gasteiger partial charge is 0.408 e. The van der Waals surface area contributed by atoms with Gasteiger partial charge >= 0.3 is 6.09 Å². The van der Waals surface area contributed by atoms with Crippen LogP contribution < -0.4 is 5.32 Å². The van der Waals surface area contributed by atoms with E-state index in [4.69, 9.17) is 4.74 Å².